The average Bonchev–Trinajstić information content (AvgIpc) is 2.97. The summed E-state index contributed by atoms with van der Waals surface area (Å²) in [7, 11) is 3.76. The molecule has 3 rings (SSSR count). The lowest BCUT2D eigenvalue weighted by Crippen LogP contribution is -2.35. The van der Waals surface area contributed by atoms with Gasteiger partial charge in [-0.15, -0.1) is 0 Å². The number of ketones is 1. The molecule has 1 atom stereocenters. The Kier molecular flexibility index (Phi) is 7.73. The van der Waals surface area contributed by atoms with Gasteiger partial charge in [0.15, 0.2) is 0 Å². The molecule has 0 spiro atoms. The molecule has 0 radical (unpaired) electrons. The van der Waals surface area contributed by atoms with Gasteiger partial charge in [0.05, 0.1) is 17.7 Å². The van der Waals surface area contributed by atoms with Gasteiger partial charge in [0.2, 0.25) is 0 Å². The van der Waals surface area contributed by atoms with Crippen LogP contribution in [0.25, 0.3) is 5.76 Å². The largest absolute Gasteiger partial charge is 0.507 e. The van der Waals surface area contributed by atoms with Crippen molar-refractivity contribution in [2.24, 2.45) is 0 Å². The number of nitrogens with zero attached hydrogens (tertiary/aromatic N) is 2. The molecule has 0 bridgehead atoms. The molecule has 1 heterocycles. The van der Waals surface area contributed by atoms with Crippen LogP contribution in [0.5, 0.6) is 5.75 Å². The number of ether oxygens (including phenoxy) is 1. The predicted molar refractivity (Wildman–Crippen MR) is 131 cm³/mol. The van der Waals surface area contributed by atoms with Gasteiger partial charge in [-0.25, -0.2) is 0 Å². The normalized spacial score (nSPS) is 18.0. The molecule has 1 unspecified atom stereocenters. The summed E-state index contributed by atoms with van der Waals surface area (Å²) >= 11 is 12.5. The predicted octanol–water partition coefficient (Wildman–Crippen LogP) is 5.07. The summed E-state index contributed by atoms with van der Waals surface area (Å²) in [4.78, 5) is 29.5. The van der Waals surface area contributed by atoms with Crippen LogP contribution in [-0.4, -0.2) is 59.9 Å². The van der Waals surface area contributed by atoms with Crippen molar-refractivity contribution in [3.63, 3.8) is 0 Å². The second-order valence-electron chi connectivity index (χ2n) is 8.61. The van der Waals surface area contributed by atoms with E-state index in [1.54, 1.807) is 36.4 Å². The van der Waals surface area contributed by atoms with Gasteiger partial charge >= 0.3 is 0 Å². The second-order valence-corrected chi connectivity index (χ2v) is 9.45. The van der Waals surface area contributed by atoms with Gasteiger partial charge in [0, 0.05) is 28.7 Å². The fourth-order valence-corrected chi connectivity index (χ4v) is 4.32. The number of aryl methyl sites for hydroxylation is 1. The second kappa shape index (κ2) is 10.2. The number of aliphatic hydroxyl groups is 1. The maximum atomic E-state index is 13.1. The van der Waals surface area contributed by atoms with Gasteiger partial charge in [-0.3, -0.25) is 9.59 Å². The van der Waals surface area contributed by atoms with Gasteiger partial charge in [0.1, 0.15) is 11.5 Å². The highest BCUT2D eigenvalue weighted by Gasteiger charge is 2.46. The Bertz CT molecular complexity index is 1110. The number of hydrogen-bond acceptors (Lipinski definition) is 5. The molecule has 1 amide bonds. The number of aliphatic hydroxyl groups excluding tert-OH is 1. The smallest absolute Gasteiger partial charge is 0.295 e. The van der Waals surface area contributed by atoms with Gasteiger partial charge < -0.3 is 19.6 Å². The molecule has 1 aliphatic heterocycles. The molecule has 1 N–H and O–H groups in total. The van der Waals surface area contributed by atoms with Crippen molar-refractivity contribution < 1.29 is 19.4 Å². The molecular weight excluding hydrogens is 463 g/mol. The molecule has 2 aromatic carbocycles. The zero-order valence-corrected chi connectivity index (χ0v) is 20.9. The lowest BCUT2D eigenvalue weighted by Gasteiger charge is -2.27. The van der Waals surface area contributed by atoms with Gasteiger partial charge in [-0.1, -0.05) is 29.3 Å². The van der Waals surface area contributed by atoms with E-state index < -0.39 is 17.7 Å². The van der Waals surface area contributed by atoms with Crippen LogP contribution in [0.15, 0.2) is 42.0 Å². The minimum absolute atomic E-state index is 0.0000866. The number of likely N-dealkylation sites (N-methyl/N-ethyl adjacent to an activating group) is 1. The van der Waals surface area contributed by atoms with E-state index in [1.165, 1.54) is 4.90 Å². The Balaban J connectivity index is 2.15. The van der Waals surface area contributed by atoms with Crippen molar-refractivity contribution in [1.29, 1.82) is 0 Å². The number of benzene rings is 2. The average molecular weight is 491 g/mol. The summed E-state index contributed by atoms with van der Waals surface area (Å²) < 4.78 is 5.77. The third kappa shape index (κ3) is 5.35. The van der Waals surface area contributed by atoms with Crippen LogP contribution in [0.4, 0.5) is 0 Å². The van der Waals surface area contributed by atoms with Crippen LogP contribution in [-0.2, 0) is 9.59 Å². The highest BCUT2D eigenvalue weighted by molar-refractivity contribution is 6.47. The van der Waals surface area contributed by atoms with Crippen LogP contribution in [0, 0.1) is 6.92 Å². The number of carbonyl (C=O) groups is 2. The Hall–Kier alpha value is -2.54. The summed E-state index contributed by atoms with van der Waals surface area (Å²) in [6.45, 7) is 6.54. The molecule has 8 heteroatoms. The lowest BCUT2D eigenvalue weighted by atomic mass is 9.94. The van der Waals surface area contributed by atoms with Crippen molar-refractivity contribution >= 4 is 40.7 Å². The van der Waals surface area contributed by atoms with Crippen molar-refractivity contribution in [2.75, 3.05) is 27.2 Å². The molecule has 0 saturated carbocycles. The minimum atomic E-state index is -0.832. The molecule has 176 valence electrons. The van der Waals surface area contributed by atoms with Gasteiger partial charge in [0.25, 0.3) is 11.7 Å². The van der Waals surface area contributed by atoms with Crippen molar-refractivity contribution in [2.45, 2.75) is 32.9 Å². The summed E-state index contributed by atoms with van der Waals surface area (Å²) in [5.41, 5.74) is 1.75. The van der Waals surface area contributed by atoms with Crippen molar-refractivity contribution in [3.05, 3.63) is 68.7 Å². The van der Waals surface area contributed by atoms with Gasteiger partial charge in [-0.2, -0.15) is 0 Å². The fraction of sp³-hybridized carbons (Fsp3) is 0.360. The molecule has 1 saturated heterocycles. The van der Waals surface area contributed by atoms with E-state index in [-0.39, 0.29) is 24.0 Å². The Labute approximate surface area is 204 Å². The zero-order chi connectivity index (χ0) is 24.4. The number of halogens is 2. The number of likely N-dealkylation sites (tertiary alicyclic amines) is 1. The van der Waals surface area contributed by atoms with E-state index >= 15 is 0 Å². The minimum Gasteiger partial charge on any atom is -0.507 e. The number of carbonyl (C=O) groups excluding carboxylic acids is 2. The van der Waals surface area contributed by atoms with Crippen molar-refractivity contribution in [3.8, 4) is 5.75 Å². The molecule has 1 fully saturated rings. The first-order valence-corrected chi connectivity index (χ1v) is 11.4. The Morgan fingerprint density at radius 3 is 2.42 bits per heavy atom. The lowest BCUT2D eigenvalue weighted by molar-refractivity contribution is -0.140. The van der Waals surface area contributed by atoms with Crippen LogP contribution in [0.2, 0.25) is 10.0 Å². The molecule has 1 aliphatic rings. The first-order valence-electron chi connectivity index (χ1n) is 10.7. The molecular formula is C25H28Cl2N2O4. The molecule has 2 aromatic rings. The number of hydrogen-bond donors (Lipinski definition) is 1. The van der Waals surface area contributed by atoms with Crippen LogP contribution in [0.1, 0.15) is 36.6 Å². The van der Waals surface area contributed by atoms with E-state index in [2.05, 4.69) is 0 Å². The van der Waals surface area contributed by atoms with E-state index in [0.29, 0.717) is 33.5 Å². The topological polar surface area (TPSA) is 70.1 Å². The highest BCUT2D eigenvalue weighted by atomic mass is 35.5. The van der Waals surface area contributed by atoms with Crippen LogP contribution >= 0.6 is 23.2 Å². The monoisotopic (exact) mass is 490 g/mol. The van der Waals surface area contributed by atoms with Crippen LogP contribution in [0.3, 0.4) is 0 Å². The van der Waals surface area contributed by atoms with Gasteiger partial charge in [-0.05, 0) is 76.3 Å². The highest BCUT2D eigenvalue weighted by Crippen LogP contribution is 2.42. The summed E-state index contributed by atoms with van der Waals surface area (Å²) in [5.74, 6) is -0.991. The SMILES string of the molecule is Cc1cc(/C(O)=C2/C(=O)C(=O)N(CCN(C)C)C2c2ccc(Cl)cc2Cl)ccc1OC(C)C. The maximum Gasteiger partial charge on any atom is 0.295 e. The number of rotatable bonds is 7. The van der Waals surface area contributed by atoms with E-state index in [4.69, 9.17) is 27.9 Å². The first kappa shape index (κ1) is 25.1. The first-order chi connectivity index (χ1) is 15.5. The molecule has 6 nitrogen and oxygen atoms in total. The molecule has 0 aromatic heterocycles. The maximum absolute atomic E-state index is 13.1. The zero-order valence-electron chi connectivity index (χ0n) is 19.4. The third-order valence-electron chi connectivity index (χ3n) is 5.40. The Morgan fingerprint density at radius 2 is 1.85 bits per heavy atom. The fourth-order valence-electron chi connectivity index (χ4n) is 3.80. The Morgan fingerprint density at radius 1 is 1.15 bits per heavy atom. The number of Topliss-reactive ketones (excluding diaryl/α,β-unsaturated/α-hetero) is 1. The van der Waals surface area contributed by atoms with Crippen molar-refractivity contribution in [1.82, 2.24) is 9.80 Å². The third-order valence-corrected chi connectivity index (χ3v) is 5.96. The van der Waals surface area contributed by atoms with E-state index in [9.17, 15) is 14.7 Å². The standard InChI is InChI=1S/C25H28Cl2N2O4/c1-14(2)33-20-9-6-16(12-15(20)3)23(30)21-22(18-8-7-17(26)13-19(18)27)29(11-10-28(4)5)25(32)24(21)31/h6-9,12-14,22,30H,10-11H2,1-5H3/b23-21-. The summed E-state index contributed by atoms with van der Waals surface area (Å²) in [5, 5.41) is 12.0. The number of amides is 1. The van der Waals surface area contributed by atoms with E-state index in [1.807, 2.05) is 39.8 Å². The summed E-state index contributed by atoms with van der Waals surface area (Å²) in [6.07, 6.45) is -0.00258. The quantitative estimate of drug-likeness (QED) is 0.333. The van der Waals surface area contributed by atoms with E-state index in [0.717, 1.165) is 5.56 Å². The molecule has 0 aliphatic carbocycles. The summed E-state index contributed by atoms with van der Waals surface area (Å²) in [6, 6.07) is 9.22. The molecule has 33 heavy (non-hydrogen) atoms. The van der Waals surface area contributed by atoms with Crippen LogP contribution < -0.4 is 4.74 Å².